The Morgan fingerprint density at radius 1 is 1.05 bits per heavy atom. The fourth-order valence-corrected chi connectivity index (χ4v) is 4.16. The van der Waals surface area contributed by atoms with Crippen molar-refractivity contribution in [2.24, 2.45) is 0 Å². The molecule has 0 amide bonds. The van der Waals surface area contributed by atoms with Gasteiger partial charge >= 0.3 is 0 Å². The molecule has 116 valence electrons. The average molecular weight is 317 g/mol. The van der Waals surface area contributed by atoms with Crippen molar-refractivity contribution in [3.05, 3.63) is 71.3 Å². The van der Waals surface area contributed by atoms with Gasteiger partial charge in [0.05, 0.1) is 17.9 Å². The minimum absolute atomic E-state index is 0.0163. The zero-order chi connectivity index (χ0) is 15.6. The SMILES string of the molecule is O=S(=O)(CCc1ccccc1)N[C@H]1c2ccccc2C[C@H]1O. The number of aliphatic hydroxyl groups excluding tert-OH is 1. The van der Waals surface area contributed by atoms with Crippen molar-refractivity contribution in [1.29, 1.82) is 0 Å². The molecule has 0 bridgehead atoms. The van der Waals surface area contributed by atoms with E-state index in [1.165, 1.54) is 0 Å². The number of hydrogen-bond acceptors (Lipinski definition) is 3. The van der Waals surface area contributed by atoms with Crippen molar-refractivity contribution >= 4 is 10.0 Å². The molecule has 0 heterocycles. The van der Waals surface area contributed by atoms with Crippen molar-refractivity contribution in [3.8, 4) is 0 Å². The van der Waals surface area contributed by atoms with Gasteiger partial charge in [0, 0.05) is 6.42 Å². The maximum Gasteiger partial charge on any atom is 0.212 e. The highest BCUT2D eigenvalue weighted by molar-refractivity contribution is 7.89. The first-order valence-corrected chi connectivity index (χ1v) is 9.00. The van der Waals surface area contributed by atoms with Crippen LogP contribution in [-0.4, -0.2) is 25.4 Å². The van der Waals surface area contributed by atoms with Crippen LogP contribution in [0.3, 0.4) is 0 Å². The number of nitrogens with one attached hydrogen (secondary N) is 1. The van der Waals surface area contributed by atoms with E-state index in [0.29, 0.717) is 12.8 Å². The van der Waals surface area contributed by atoms with Gasteiger partial charge in [0.2, 0.25) is 10.0 Å². The van der Waals surface area contributed by atoms with E-state index >= 15 is 0 Å². The Balaban J connectivity index is 1.69. The van der Waals surface area contributed by atoms with E-state index in [2.05, 4.69) is 4.72 Å². The summed E-state index contributed by atoms with van der Waals surface area (Å²) in [5.74, 6) is 0.0163. The number of rotatable bonds is 5. The van der Waals surface area contributed by atoms with Crippen LogP contribution in [0, 0.1) is 0 Å². The van der Waals surface area contributed by atoms with Crippen LogP contribution in [-0.2, 0) is 22.9 Å². The van der Waals surface area contributed by atoms with E-state index in [1.54, 1.807) is 0 Å². The third kappa shape index (κ3) is 3.38. The summed E-state index contributed by atoms with van der Waals surface area (Å²) in [4.78, 5) is 0. The number of aliphatic hydroxyl groups is 1. The summed E-state index contributed by atoms with van der Waals surface area (Å²) in [5, 5.41) is 10.1. The van der Waals surface area contributed by atoms with Crippen LogP contribution < -0.4 is 4.72 Å². The number of benzene rings is 2. The highest BCUT2D eigenvalue weighted by Crippen LogP contribution is 2.31. The lowest BCUT2D eigenvalue weighted by molar-refractivity contribution is 0.151. The average Bonchev–Trinajstić information content (AvgIpc) is 2.82. The quantitative estimate of drug-likeness (QED) is 0.884. The number of aryl methyl sites for hydroxylation is 1. The summed E-state index contributed by atoms with van der Waals surface area (Å²) in [6.45, 7) is 0. The number of hydrogen-bond donors (Lipinski definition) is 2. The van der Waals surface area contributed by atoms with E-state index < -0.39 is 22.2 Å². The molecule has 22 heavy (non-hydrogen) atoms. The van der Waals surface area contributed by atoms with Crippen LogP contribution in [0.1, 0.15) is 22.7 Å². The van der Waals surface area contributed by atoms with Crippen LogP contribution in [0.25, 0.3) is 0 Å². The number of fused-ring (bicyclic) bond motifs is 1. The molecule has 4 nitrogen and oxygen atoms in total. The fraction of sp³-hybridized carbons (Fsp3) is 0.294. The van der Waals surface area contributed by atoms with E-state index in [0.717, 1.165) is 16.7 Å². The van der Waals surface area contributed by atoms with Crippen molar-refractivity contribution < 1.29 is 13.5 Å². The smallest absolute Gasteiger partial charge is 0.212 e. The summed E-state index contributed by atoms with van der Waals surface area (Å²) in [7, 11) is -3.45. The molecule has 0 aromatic heterocycles. The molecule has 0 unspecified atom stereocenters. The minimum Gasteiger partial charge on any atom is -0.391 e. The van der Waals surface area contributed by atoms with Crippen molar-refractivity contribution in [2.45, 2.75) is 25.0 Å². The first kappa shape index (κ1) is 15.2. The van der Waals surface area contributed by atoms with Crippen molar-refractivity contribution in [3.63, 3.8) is 0 Å². The predicted octanol–water partition coefficient (Wildman–Crippen LogP) is 1.81. The summed E-state index contributed by atoms with van der Waals surface area (Å²) in [6.07, 6.45) is 0.242. The number of sulfonamides is 1. The monoisotopic (exact) mass is 317 g/mol. The third-order valence-electron chi connectivity index (χ3n) is 4.01. The lowest BCUT2D eigenvalue weighted by Gasteiger charge is -2.18. The highest BCUT2D eigenvalue weighted by Gasteiger charge is 2.33. The molecule has 0 fully saturated rings. The van der Waals surface area contributed by atoms with Gasteiger partial charge in [-0.1, -0.05) is 54.6 Å². The predicted molar refractivity (Wildman–Crippen MR) is 86.0 cm³/mol. The van der Waals surface area contributed by atoms with Gasteiger partial charge in [-0.05, 0) is 23.1 Å². The third-order valence-corrected chi connectivity index (χ3v) is 5.37. The van der Waals surface area contributed by atoms with Gasteiger partial charge in [0.1, 0.15) is 0 Å². The van der Waals surface area contributed by atoms with Crippen LogP contribution in [0.2, 0.25) is 0 Å². The molecule has 0 saturated carbocycles. The van der Waals surface area contributed by atoms with Gasteiger partial charge < -0.3 is 5.11 Å². The van der Waals surface area contributed by atoms with E-state index in [-0.39, 0.29) is 5.75 Å². The highest BCUT2D eigenvalue weighted by atomic mass is 32.2. The van der Waals surface area contributed by atoms with E-state index in [1.807, 2.05) is 54.6 Å². The molecule has 1 aliphatic rings. The normalized spacial score (nSPS) is 20.8. The second kappa shape index (κ2) is 6.20. The molecule has 2 aromatic carbocycles. The van der Waals surface area contributed by atoms with Crippen LogP contribution >= 0.6 is 0 Å². The molecule has 0 radical (unpaired) electrons. The fourth-order valence-electron chi connectivity index (χ4n) is 2.87. The van der Waals surface area contributed by atoms with Crippen molar-refractivity contribution in [2.75, 3.05) is 5.75 Å². The van der Waals surface area contributed by atoms with Gasteiger partial charge in [-0.3, -0.25) is 0 Å². The first-order valence-electron chi connectivity index (χ1n) is 7.35. The second-order valence-electron chi connectivity index (χ2n) is 5.62. The topological polar surface area (TPSA) is 66.4 Å². The largest absolute Gasteiger partial charge is 0.391 e. The van der Waals surface area contributed by atoms with Crippen LogP contribution in [0.15, 0.2) is 54.6 Å². The molecular weight excluding hydrogens is 298 g/mol. The Hall–Kier alpha value is -1.69. The van der Waals surface area contributed by atoms with E-state index in [4.69, 9.17) is 0 Å². The summed E-state index contributed by atoms with van der Waals surface area (Å²) < 4.78 is 27.2. The molecular formula is C17H19NO3S. The van der Waals surface area contributed by atoms with Gasteiger partial charge in [-0.25, -0.2) is 13.1 Å². The van der Waals surface area contributed by atoms with Gasteiger partial charge in [-0.2, -0.15) is 0 Å². The molecule has 3 rings (SSSR count). The summed E-state index contributed by atoms with van der Waals surface area (Å²) in [6, 6.07) is 16.5. The van der Waals surface area contributed by atoms with Crippen LogP contribution in [0.4, 0.5) is 0 Å². The Morgan fingerprint density at radius 2 is 1.73 bits per heavy atom. The summed E-state index contributed by atoms with van der Waals surface area (Å²) >= 11 is 0. The molecule has 0 spiro atoms. The lowest BCUT2D eigenvalue weighted by atomic mass is 10.1. The molecule has 2 N–H and O–H groups in total. The van der Waals surface area contributed by atoms with E-state index in [9.17, 15) is 13.5 Å². The second-order valence-corrected chi connectivity index (χ2v) is 7.49. The molecule has 0 saturated heterocycles. The first-order chi connectivity index (χ1) is 10.6. The lowest BCUT2D eigenvalue weighted by Crippen LogP contribution is -2.35. The maximum absolute atomic E-state index is 12.3. The Labute approximate surface area is 130 Å². The Bertz CT molecular complexity index is 744. The standard InChI is InChI=1S/C17H19NO3S/c19-16-12-14-8-4-5-9-15(14)17(16)18-22(20,21)11-10-13-6-2-1-3-7-13/h1-9,16-19H,10-12H2/t16-,17+/m1/s1. The van der Waals surface area contributed by atoms with Crippen molar-refractivity contribution in [1.82, 2.24) is 4.72 Å². The molecule has 0 aliphatic heterocycles. The Morgan fingerprint density at radius 3 is 2.50 bits per heavy atom. The minimum atomic E-state index is -3.45. The maximum atomic E-state index is 12.3. The molecule has 1 aliphatic carbocycles. The zero-order valence-corrected chi connectivity index (χ0v) is 13.0. The summed E-state index contributed by atoms with van der Waals surface area (Å²) in [5.41, 5.74) is 2.87. The molecule has 2 atom stereocenters. The zero-order valence-electron chi connectivity index (χ0n) is 12.1. The molecule has 2 aromatic rings. The van der Waals surface area contributed by atoms with Gasteiger partial charge in [0.25, 0.3) is 0 Å². The van der Waals surface area contributed by atoms with Crippen LogP contribution in [0.5, 0.6) is 0 Å². The Kier molecular flexibility index (Phi) is 4.29. The molecule has 5 heteroatoms. The van der Waals surface area contributed by atoms with Gasteiger partial charge in [-0.15, -0.1) is 0 Å². The van der Waals surface area contributed by atoms with Gasteiger partial charge in [0.15, 0.2) is 0 Å².